The average Bonchev–Trinajstić information content (AvgIpc) is 2.27. The van der Waals surface area contributed by atoms with Crippen molar-refractivity contribution >= 4 is 21.4 Å². The molecule has 1 heterocycles. The summed E-state index contributed by atoms with van der Waals surface area (Å²) in [6.07, 6.45) is 1.33. The van der Waals surface area contributed by atoms with Crippen LogP contribution >= 0.6 is 0 Å². The molecule has 1 unspecified atom stereocenters. The number of nitrogen functional groups attached to an aromatic ring is 1. The fourth-order valence-corrected chi connectivity index (χ4v) is 2.58. The Hall–Kier alpha value is -1.63. The average molecular weight is 285 g/mol. The van der Waals surface area contributed by atoms with Crippen LogP contribution in [0.5, 0.6) is 0 Å². The Morgan fingerprint density at radius 2 is 2.05 bits per heavy atom. The number of carbonyl (C=O) groups is 1. The predicted molar refractivity (Wildman–Crippen MR) is 73.1 cm³/mol. The van der Waals surface area contributed by atoms with Crippen LogP contribution in [0.3, 0.4) is 0 Å². The number of hydrogen-bond acceptors (Lipinski definition) is 5. The van der Waals surface area contributed by atoms with Crippen molar-refractivity contribution < 1.29 is 13.2 Å². The van der Waals surface area contributed by atoms with Gasteiger partial charge in [-0.25, -0.2) is 13.4 Å². The summed E-state index contributed by atoms with van der Waals surface area (Å²) in [7, 11) is -3.81. The molecule has 0 spiro atoms. The van der Waals surface area contributed by atoms with Gasteiger partial charge in [0.15, 0.2) is 5.03 Å². The Kier molecular flexibility index (Phi) is 4.88. The number of sulfone groups is 1. The first-order valence-corrected chi connectivity index (χ1v) is 7.62. The third-order valence-corrected chi connectivity index (χ3v) is 4.38. The monoisotopic (exact) mass is 285 g/mol. The quantitative estimate of drug-likeness (QED) is 0.824. The number of carbonyl (C=O) groups excluding carboxylic acids is 1. The number of hydrogen-bond donors (Lipinski definition) is 2. The maximum atomic E-state index is 12.0. The topological polar surface area (TPSA) is 102 Å². The molecule has 0 radical (unpaired) electrons. The van der Waals surface area contributed by atoms with Gasteiger partial charge in [-0.15, -0.1) is 0 Å². The van der Waals surface area contributed by atoms with Crippen LogP contribution < -0.4 is 11.1 Å². The number of pyridine rings is 1. The zero-order valence-corrected chi connectivity index (χ0v) is 12.1. The van der Waals surface area contributed by atoms with Crippen molar-refractivity contribution in [1.29, 1.82) is 0 Å². The largest absolute Gasteiger partial charge is 0.396 e. The summed E-state index contributed by atoms with van der Waals surface area (Å²) in [6.45, 7) is 5.71. The zero-order chi connectivity index (χ0) is 14.6. The first kappa shape index (κ1) is 15.4. The molecule has 0 bridgehead atoms. The standard InChI is InChI=1S/C12H19N3O3S/c1-8(2)9(3)15-11(16)7-19(17,18)12-10(13)5-4-6-14-12/h4-6,8-9H,7,13H2,1-3H3,(H,15,16). The predicted octanol–water partition coefficient (Wildman–Crippen LogP) is 0.598. The molecule has 1 atom stereocenters. The van der Waals surface area contributed by atoms with Gasteiger partial charge in [-0.2, -0.15) is 0 Å². The van der Waals surface area contributed by atoms with E-state index >= 15 is 0 Å². The van der Waals surface area contributed by atoms with Crippen LogP contribution in [0.25, 0.3) is 0 Å². The van der Waals surface area contributed by atoms with E-state index in [1.807, 2.05) is 20.8 Å². The minimum absolute atomic E-state index is 0.0483. The fourth-order valence-electron chi connectivity index (χ4n) is 1.37. The molecule has 0 aliphatic carbocycles. The second-order valence-electron chi connectivity index (χ2n) is 4.76. The Morgan fingerprint density at radius 1 is 1.42 bits per heavy atom. The van der Waals surface area contributed by atoms with Gasteiger partial charge in [0.25, 0.3) is 0 Å². The fraction of sp³-hybridized carbons (Fsp3) is 0.500. The molecule has 7 heteroatoms. The Balaban J connectivity index is 2.82. The summed E-state index contributed by atoms with van der Waals surface area (Å²) in [5.74, 6) is -0.969. The number of aromatic nitrogens is 1. The molecule has 0 saturated carbocycles. The lowest BCUT2D eigenvalue weighted by Crippen LogP contribution is -2.39. The van der Waals surface area contributed by atoms with Crippen molar-refractivity contribution in [3.05, 3.63) is 18.3 Å². The van der Waals surface area contributed by atoms with Crippen molar-refractivity contribution in [2.45, 2.75) is 31.8 Å². The minimum atomic E-state index is -3.81. The number of nitrogens with one attached hydrogen (secondary N) is 1. The van der Waals surface area contributed by atoms with Crippen molar-refractivity contribution in [2.75, 3.05) is 11.5 Å². The molecular formula is C12H19N3O3S. The first-order valence-electron chi connectivity index (χ1n) is 5.96. The van der Waals surface area contributed by atoms with Crippen LogP contribution in [0.1, 0.15) is 20.8 Å². The van der Waals surface area contributed by atoms with E-state index in [-0.39, 0.29) is 22.7 Å². The lowest BCUT2D eigenvalue weighted by molar-refractivity contribution is -0.119. The second-order valence-corrected chi connectivity index (χ2v) is 6.66. The summed E-state index contributed by atoms with van der Waals surface area (Å²) >= 11 is 0. The smallest absolute Gasteiger partial charge is 0.235 e. The van der Waals surface area contributed by atoms with E-state index in [1.165, 1.54) is 18.3 Å². The number of nitrogens with two attached hydrogens (primary N) is 1. The molecule has 1 aromatic heterocycles. The molecule has 6 nitrogen and oxygen atoms in total. The third-order valence-electron chi connectivity index (χ3n) is 2.80. The minimum Gasteiger partial charge on any atom is -0.396 e. The highest BCUT2D eigenvalue weighted by Gasteiger charge is 2.24. The van der Waals surface area contributed by atoms with E-state index in [1.54, 1.807) is 0 Å². The summed E-state index contributed by atoms with van der Waals surface area (Å²) in [5, 5.41) is 2.39. The maximum absolute atomic E-state index is 12.0. The number of nitrogens with zero attached hydrogens (tertiary/aromatic N) is 1. The molecule has 106 valence electrons. The lowest BCUT2D eigenvalue weighted by Gasteiger charge is -2.17. The van der Waals surface area contributed by atoms with Gasteiger partial charge in [0, 0.05) is 12.2 Å². The molecule has 19 heavy (non-hydrogen) atoms. The molecule has 0 aliphatic rings. The van der Waals surface area contributed by atoms with Gasteiger partial charge in [-0.1, -0.05) is 13.8 Å². The second kappa shape index (κ2) is 6.01. The molecule has 3 N–H and O–H groups in total. The molecule has 0 saturated heterocycles. The van der Waals surface area contributed by atoms with E-state index < -0.39 is 21.5 Å². The van der Waals surface area contributed by atoms with Crippen LogP contribution in [-0.4, -0.2) is 31.1 Å². The van der Waals surface area contributed by atoms with Crippen molar-refractivity contribution in [3.63, 3.8) is 0 Å². The van der Waals surface area contributed by atoms with E-state index in [2.05, 4.69) is 10.3 Å². The summed E-state index contributed by atoms with van der Waals surface area (Å²) < 4.78 is 24.0. The first-order chi connectivity index (χ1) is 8.74. The van der Waals surface area contributed by atoms with E-state index in [4.69, 9.17) is 5.73 Å². The van der Waals surface area contributed by atoms with Crippen LogP contribution in [0.4, 0.5) is 5.69 Å². The highest BCUT2D eigenvalue weighted by molar-refractivity contribution is 7.92. The van der Waals surface area contributed by atoms with Crippen molar-refractivity contribution in [3.8, 4) is 0 Å². The highest BCUT2D eigenvalue weighted by Crippen LogP contribution is 2.15. The van der Waals surface area contributed by atoms with Gasteiger partial charge < -0.3 is 11.1 Å². The van der Waals surface area contributed by atoms with Crippen LogP contribution in [0, 0.1) is 5.92 Å². The summed E-state index contributed by atoms with van der Waals surface area (Å²) in [5.41, 5.74) is 5.61. The number of rotatable bonds is 5. The molecule has 1 rings (SSSR count). The van der Waals surface area contributed by atoms with Crippen molar-refractivity contribution in [2.24, 2.45) is 5.92 Å². The summed E-state index contributed by atoms with van der Waals surface area (Å²) in [6, 6.07) is 2.88. The normalized spacial score (nSPS) is 13.3. The third kappa shape index (κ3) is 4.20. The van der Waals surface area contributed by atoms with Crippen LogP contribution in [0.2, 0.25) is 0 Å². The van der Waals surface area contributed by atoms with Gasteiger partial charge in [-0.3, -0.25) is 4.79 Å². The van der Waals surface area contributed by atoms with Crippen LogP contribution in [0.15, 0.2) is 23.4 Å². The zero-order valence-electron chi connectivity index (χ0n) is 11.3. The molecule has 0 aromatic carbocycles. The van der Waals surface area contributed by atoms with Gasteiger partial charge in [0.2, 0.25) is 15.7 Å². The van der Waals surface area contributed by atoms with E-state index in [0.29, 0.717) is 0 Å². The Labute approximate surface area is 113 Å². The number of amides is 1. The lowest BCUT2D eigenvalue weighted by atomic mass is 10.1. The molecule has 0 fully saturated rings. The summed E-state index contributed by atoms with van der Waals surface area (Å²) in [4.78, 5) is 15.4. The van der Waals surface area contributed by atoms with Crippen LogP contribution in [-0.2, 0) is 14.6 Å². The van der Waals surface area contributed by atoms with Gasteiger partial charge in [0.1, 0.15) is 5.75 Å². The Bertz CT molecular complexity index is 555. The van der Waals surface area contributed by atoms with Gasteiger partial charge in [-0.05, 0) is 25.0 Å². The van der Waals surface area contributed by atoms with E-state index in [9.17, 15) is 13.2 Å². The van der Waals surface area contributed by atoms with E-state index in [0.717, 1.165) is 0 Å². The maximum Gasteiger partial charge on any atom is 0.235 e. The highest BCUT2D eigenvalue weighted by atomic mass is 32.2. The van der Waals surface area contributed by atoms with Gasteiger partial charge in [0.05, 0.1) is 5.69 Å². The molecule has 1 aromatic rings. The van der Waals surface area contributed by atoms with Crippen molar-refractivity contribution in [1.82, 2.24) is 10.3 Å². The van der Waals surface area contributed by atoms with Gasteiger partial charge >= 0.3 is 0 Å². The SMILES string of the molecule is CC(C)C(C)NC(=O)CS(=O)(=O)c1ncccc1N. The molecule has 0 aliphatic heterocycles. The number of anilines is 1. The molecular weight excluding hydrogens is 266 g/mol. The Morgan fingerprint density at radius 3 is 2.58 bits per heavy atom. The molecule has 1 amide bonds.